The molecule has 1 aliphatic heterocycles. The lowest BCUT2D eigenvalue weighted by Gasteiger charge is -2.29. The highest BCUT2D eigenvalue weighted by Crippen LogP contribution is 2.49. The maximum Gasteiger partial charge on any atom is 0.435 e. The zero-order valence-electron chi connectivity index (χ0n) is 14.6. The van der Waals surface area contributed by atoms with Crippen molar-refractivity contribution in [3.05, 3.63) is 69.2 Å². The van der Waals surface area contributed by atoms with Gasteiger partial charge in [0.05, 0.1) is 5.71 Å². The number of hydrogen-bond acceptors (Lipinski definition) is 3. The molecule has 1 aliphatic rings. The summed E-state index contributed by atoms with van der Waals surface area (Å²) in [5.41, 5.74) is -1.55. The second kappa shape index (κ2) is 7.64. The van der Waals surface area contributed by atoms with Crippen molar-refractivity contribution in [2.24, 2.45) is 5.16 Å². The van der Waals surface area contributed by atoms with E-state index < -0.39 is 18.2 Å². The topological polar surface area (TPSA) is 50.7 Å². The Bertz CT molecular complexity index is 927. The van der Waals surface area contributed by atoms with Gasteiger partial charge in [0.25, 0.3) is 5.60 Å². The molecule has 148 valence electrons. The number of hydrogen-bond donors (Lipinski definition) is 1. The molecule has 0 radical (unpaired) electrons. The van der Waals surface area contributed by atoms with E-state index in [1.807, 2.05) is 0 Å². The molecule has 0 aromatic heterocycles. The van der Waals surface area contributed by atoms with E-state index in [0.717, 1.165) is 5.56 Å². The minimum atomic E-state index is -4.75. The van der Waals surface area contributed by atoms with E-state index in [9.17, 15) is 18.0 Å². The molecule has 0 saturated carbocycles. The Balaban J connectivity index is 1.94. The van der Waals surface area contributed by atoms with E-state index in [4.69, 9.17) is 28.0 Å². The molecule has 1 atom stereocenters. The van der Waals surface area contributed by atoms with Crippen molar-refractivity contribution in [1.29, 1.82) is 0 Å². The van der Waals surface area contributed by atoms with E-state index in [-0.39, 0.29) is 33.8 Å². The highest BCUT2D eigenvalue weighted by Gasteiger charge is 2.62. The van der Waals surface area contributed by atoms with Gasteiger partial charge in [-0.05, 0) is 35.4 Å². The van der Waals surface area contributed by atoms with Crippen molar-refractivity contribution >= 4 is 34.8 Å². The van der Waals surface area contributed by atoms with Crippen molar-refractivity contribution in [3.63, 3.8) is 0 Å². The average Bonchev–Trinajstić information content (AvgIpc) is 3.06. The summed E-state index contributed by atoms with van der Waals surface area (Å²) in [6.07, 6.45) is -5.28. The molecule has 2 aromatic rings. The summed E-state index contributed by atoms with van der Waals surface area (Å²) in [5.74, 6) is -0.208. The molecule has 0 bridgehead atoms. The Labute approximate surface area is 169 Å². The summed E-state index contributed by atoms with van der Waals surface area (Å²) in [6, 6.07) is 10.4. The number of alkyl halides is 3. The first-order chi connectivity index (χ1) is 13.1. The number of benzene rings is 2. The van der Waals surface area contributed by atoms with Crippen LogP contribution in [0.4, 0.5) is 13.2 Å². The number of halogens is 5. The predicted molar refractivity (Wildman–Crippen MR) is 100 cm³/mol. The normalized spacial score (nSPS) is 19.1. The summed E-state index contributed by atoms with van der Waals surface area (Å²) in [7, 11) is 0. The largest absolute Gasteiger partial charge is 0.435 e. The van der Waals surface area contributed by atoms with Crippen LogP contribution < -0.4 is 5.32 Å². The van der Waals surface area contributed by atoms with E-state index in [2.05, 4.69) is 10.5 Å². The fourth-order valence-corrected chi connectivity index (χ4v) is 3.46. The third kappa shape index (κ3) is 4.10. The molecule has 28 heavy (non-hydrogen) atoms. The molecule has 1 amide bonds. The lowest BCUT2D eigenvalue weighted by molar-refractivity contribution is -0.275. The molecule has 0 saturated heterocycles. The van der Waals surface area contributed by atoms with Crippen LogP contribution in [0.1, 0.15) is 30.0 Å². The molecule has 3 rings (SSSR count). The van der Waals surface area contributed by atoms with E-state index in [1.54, 1.807) is 24.3 Å². The van der Waals surface area contributed by atoms with Crippen molar-refractivity contribution in [2.45, 2.75) is 31.7 Å². The average molecular weight is 431 g/mol. The molecule has 0 spiro atoms. The molecule has 0 fully saturated rings. The molecular weight excluding hydrogens is 416 g/mol. The zero-order valence-corrected chi connectivity index (χ0v) is 16.1. The fourth-order valence-electron chi connectivity index (χ4n) is 2.93. The van der Waals surface area contributed by atoms with E-state index >= 15 is 0 Å². The zero-order chi connectivity index (χ0) is 20.5. The summed E-state index contributed by atoms with van der Waals surface area (Å²) in [4.78, 5) is 16.0. The van der Waals surface area contributed by atoms with Gasteiger partial charge < -0.3 is 10.2 Å². The van der Waals surface area contributed by atoms with Gasteiger partial charge in [0.2, 0.25) is 5.91 Å². The standard InChI is InChI=1S/C19H15Cl2F3N2O2/c1-11(27)25-10-12-3-2-4-13(5-12)17-9-18(28-26-17,19(22,23)24)14-6-15(20)8-16(21)7-14/h2-8H,9-10H2,1H3,(H,25,27). The molecule has 2 aromatic carbocycles. The van der Waals surface area contributed by atoms with Crippen molar-refractivity contribution in [3.8, 4) is 0 Å². The van der Waals surface area contributed by atoms with Crippen molar-refractivity contribution < 1.29 is 22.8 Å². The van der Waals surface area contributed by atoms with Crippen LogP contribution in [-0.4, -0.2) is 17.8 Å². The lowest BCUT2D eigenvalue weighted by atomic mass is 9.86. The van der Waals surface area contributed by atoms with Crippen LogP contribution in [0.3, 0.4) is 0 Å². The maximum atomic E-state index is 14.0. The Kier molecular flexibility index (Phi) is 5.59. The maximum absolute atomic E-state index is 14.0. The van der Waals surface area contributed by atoms with Crippen molar-refractivity contribution in [2.75, 3.05) is 0 Å². The number of rotatable bonds is 4. The third-order valence-electron chi connectivity index (χ3n) is 4.32. The fraction of sp³-hybridized carbons (Fsp3) is 0.263. The van der Waals surface area contributed by atoms with Crippen LogP contribution in [0, 0.1) is 0 Å². The van der Waals surface area contributed by atoms with Gasteiger partial charge in [0, 0.05) is 35.5 Å². The van der Waals surface area contributed by atoms with Gasteiger partial charge in [-0.2, -0.15) is 13.2 Å². The number of nitrogens with one attached hydrogen (secondary N) is 1. The van der Waals surface area contributed by atoms with Gasteiger partial charge in [-0.3, -0.25) is 4.79 Å². The van der Waals surface area contributed by atoms with Gasteiger partial charge >= 0.3 is 6.18 Å². The van der Waals surface area contributed by atoms with Gasteiger partial charge in [0.15, 0.2) is 0 Å². The van der Waals surface area contributed by atoms with Crippen LogP contribution in [0.25, 0.3) is 0 Å². The Hall–Kier alpha value is -2.25. The monoisotopic (exact) mass is 430 g/mol. The lowest BCUT2D eigenvalue weighted by Crippen LogP contribution is -2.42. The molecule has 1 heterocycles. The van der Waals surface area contributed by atoms with E-state index in [0.29, 0.717) is 5.56 Å². The molecule has 4 nitrogen and oxygen atoms in total. The smallest absolute Gasteiger partial charge is 0.374 e. The molecule has 1 unspecified atom stereocenters. The van der Waals surface area contributed by atoms with Crippen LogP contribution in [-0.2, 0) is 21.8 Å². The molecule has 9 heteroatoms. The number of amides is 1. The Morgan fingerprint density at radius 1 is 1.21 bits per heavy atom. The molecular formula is C19H15Cl2F3N2O2. The Morgan fingerprint density at radius 2 is 1.89 bits per heavy atom. The van der Waals surface area contributed by atoms with Crippen molar-refractivity contribution in [1.82, 2.24) is 5.32 Å². The van der Waals surface area contributed by atoms with Crippen LogP contribution in [0.15, 0.2) is 47.6 Å². The van der Waals surface area contributed by atoms with Crippen LogP contribution >= 0.6 is 23.2 Å². The minimum absolute atomic E-state index is 0.0699. The molecule has 0 aliphatic carbocycles. The first kappa shape index (κ1) is 20.5. The second-order valence-electron chi connectivity index (χ2n) is 6.40. The number of carbonyl (C=O) groups is 1. The summed E-state index contributed by atoms with van der Waals surface area (Å²) in [6.45, 7) is 1.64. The van der Waals surface area contributed by atoms with Crippen LogP contribution in [0.5, 0.6) is 0 Å². The highest BCUT2D eigenvalue weighted by atomic mass is 35.5. The van der Waals surface area contributed by atoms with Gasteiger partial charge in [-0.25, -0.2) is 0 Å². The molecule has 1 N–H and O–H groups in total. The van der Waals surface area contributed by atoms with Gasteiger partial charge in [0.1, 0.15) is 0 Å². The van der Waals surface area contributed by atoms with E-state index in [1.165, 1.54) is 25.1 Å². The number of nitrogens with zero attached hydrogens (tertiary/aromatic N) is 1. The SMILES string of the molecule is CC(=O)NCc1cccc(C2=NOC(c3cc(Cl)cc(Cl)c3)(C(F)(F)F)C2)c1. The number of oxime groups is 1. The Morgan fingerprint density at radius 3 is 2.50 bits per heavy atom. The number of carbonyl (C=O) groups excluding carboxylic acids is 1. The summed E-state index contributed by atoms with van der Waals surface area (Å²) >= 11 is 11.8. The summed E-state index contributed by atoms with van der Waals surface area (Å²) in [5, 5.41) is 6.50. The quantitative estimate of drug-likeness (QED) is 0.723. The van der Waals surface area contributed by atoms with Gasteiger partial charge in [-0.15, -0.1) is 0 Å². The predicted octanol–water partition coefficient (Wildman–Crippen LogP) is 5.21. The third-order valence-corrected chi connectivity index (χ3v) is 4.75. The van der Waals surface area contributed by atoms with Crippen LogP contribution in [0.2, 0.25) is 10.0 Å². The first-order valence-electron chi connectivity index (χ1n) is 8.23. The van der Waals surface area contributed by atoms with Gasteiger partial charge in [-0.1, -0.05) is 46.6 Å². The minimum Gasteiger partial charge on any atom is -0.374 e. The first-order valence-corrected chi connectivity index (χ1v) is 8.98. The summed E-state index contributed by atoms with van der Waals surface area (Å²) < 4.78 is 42.0. The second-order valence-corrected chi connectivity index (χ2v) is 7.27. The highest BCUT2D eigenvalue weighted by molar-refractivity contribution is 6.34.